The summed E-state index contributed by atoms with van der Waals surface area (Å²) >= 11 is 3.11. The molecule has 1 amide bonds. The molecule has 0 spiro atoms. The van der Waals surface area contributed by atoms with Crippen molar-refractivity contribution in [3.63, 3.8) is 0 Å². The number of carbonyl (C=O) groups is 2. The van der Waals surface area contributed by atoms with E-state index in [0.29, 0.717) is 11.8 Å². The van der Waals surface area contributed by atoms with Gasteiger partial charge >= 0.3 is 0 Å². The van der Waals surface area contributed by atoms with Crippen molar-refractivity contribution in [2.75, 3.05) is 32.2 Å². The van der Waals surface area contributed by atoms with Gasteiger partial charge in [0.1, 0.15) is 6.29 Å². The van der Waals surface area contributed by atoms with Gasteiger partial charge in [-0.15, -0.1) is 11.3 Å². The Morgan fingerprint density at radius 3 is 2.63 bits per heavy atom. The quantitative estimate of drug-likeness (QED) is 0.292. The zero-order valence-electron chi connectivity index (χ0n) is 19.8. The fraction of sp³-hybridized carbons (Fsp3) is 0.200. The van der Waals surface area contributed by atoms with Crippen LogP contribution in [0.2, 0.25) is 0 Å². The molecule has 4 aromatic rings. The van der Waals surface area contributed by atoms with Crippen LogP contribution in [-0.4, -0.2) is 53.0 Å². The molecule has 3 heterocycles. The largest absolute Gasteiger partial charge is 0.365 e. The number of benzene rings is 1. The van der Waals surface area contributed by atoms with Crippen molar-refractivity contribution >= 4 is 40.6 Å². The van der Waals surface area contributed by atoms with Gasteiger partial charge in [-0.25, -0.2) is 4.98 Å². The number of amides is 1. The first kappa shape index (κ1) is 26.1. The van der Waals surface area contributed by atoms with Gasteiger partial charge in [-0.2, -0.15) is 0 Å². The van der Waals surface area contributed by atoms with Crippen molar-refractivity contribution in [3.8, 4) is 22.4 Å². The minimum Gasteiger partial charge on any atom is -0.365 e. The third-order valence-electron chi connectivity index (χ3n) is 4.87. The van der Waals surface area contributed by atoms with Crippen LogP contribution in [0.4, 0.5) is 5.13 Å². The van der Waals surface area contributed by atoms with Crippen LogP contribution in [-0.2, 0) is 11.3 Å². The molecule has 0 radical (unpaired) electrons. The average molecular weight is 509 g/mol. The van der Waals surface area contributed by atoms with Gasteiger partial charge in [0.05, 0.1) is 23.5 Å². The highest BCUT2D eigenvalue weighted by molar-refractivity contribution is 7.97. The molecule has 4 rings (SSSR count). The maximum Gasteiger partial charge on any atom is 0.253 e. The number of hydrogen-bond acceptors (Lipinski definition) is 8. The second-order valence-corrected chi connectivity index (χ2v) is 8.90. The minimum atomic E-state index is -0.222. The molecule has 0 atom stereocenters. The molecule has 1 aromatic carbocycles. The van der Waals surface area contributed by atoms with Gasteiger partial charge in [0, 0.05) is 49.4 Å². The smallest absolute Gasteiger partial charge is 0.253 e. The normalized spacial score (nSPS) is 10.3. The molecular formula is C25H28N6O2S2. The number of hydrogen-bond donors (Lipinski definition) is 3. The molecule has 3 N–H and O–H groups in total. The van der Waals surface area contributed by atoms with Crippen LogP contribution in [0.5, 0.6) is 0 Å². The molecule has 0 aliphatic heterocycles. The molecule has 0 bridgehead atoms. The summed E-state index contributed by atoms with van der Waals surface area (Å²) in [6, 6.07) is 14.3. The van der Waals surface area contributed by atoms with Crippen LogP contribution in [0, 0.1) is 0 Å². The Morgan fingerprint density at radius 1 is 1.14 bits per heavy atom. The van der Waals surface area contributed by atoms with Gasteiger partial charge in [0.15, 0.2) is 5.13 Å². The summed E-state index contributed by atoms with van der Waals surface area (Å²) in [4.78, 5) is 30.2. The molecule has 182 valence electrons. The van der Waals surface area contributed by atoms with Crippen LogP contribution >= 0.6 is 23.3 Å². The Morgan fingerprint density at radius 2 is 1.94 bits per heavy atom. The topological polar surface area (TPSA) is 101 Å². The van der Waals surface area contributed by atoms with Crippen molar-refractivity contribution in [2.24, 2.45) is 0 Å². The van der Waals surface area contributed by atoms with E-state index in [0.717, 1.165) is 28.6 Å². The van der Waals surface area contributed by atoms with Crippen molar-refractivity contribution in [3.05, 3.63) is 77.7 Å². The SMILES string of the molecule is CNCc1cc(-c2cccc(-c3csc(NC)n3)c2)ccn1.CSn1ccc(C(=O)NCC=O)c1. The van der Waals surface area contributed by atoms with Gasteiger partial charge in [0.25, 0.3) is 5.91 Å². The predicted octanol–water partition coefficient (Wildman–Crippen LogP) is 4.18. The van der Waals surface area contributed by atoms with Crippen LogP contribution in [0.1, 0.15) is 16.1 Å². The van der Waals surface area contributed by atoms with E-state index in [1.54, 1.807) is 29.8 Å². The summed E-state index contributed by atoms with van der Waals surface area (Å²) in [6.45, 7) is 0.828. The molecule has 3 aromatic heterocycles. The highest BCUT2D eigenvalue weighted by Crippen LogP contribution is 2.28. The molecule has 0 saturated carbocycles. The molecule has 0 aliphatic rings. The maximum atomic E-state index is 11.2. The number of aromatic nitrogens is 3. The number of aldehydes is 1. The maximum absolute atomic E-state index is 11.2. The third-order valence-corrected chi connectivity index (χ3v) is 6.38. The van der Waals surface area contributed by atoms with E-state index < -0.39 is 0 Å². The highest BCUT2D eigenvalue weighted by atomic mass is 32.2. The number of rotatable bonds is 9. The lowest BCUT2D eigenvalue weighted by Gasteiger charge is -2.06. The molecule has 0 saturated heterocycles. The van der Waals surface area contributed by atoms with E-state index in [1.807, 2.05) is 36.6 Å². The molecule has 0 aliphatic carbocycles. The van der Waals surface area contributed by atoms with Crippen LogP contribution in [0.25, 0.3) is 22.4 Å². The first-order chi connectivity index (χ1) is 17.1. The van der Waals surface area contributed by atoms with Crippen LogP contribution in [0.3, 0.4) is 0 Å². The Labute approximate surface area is 213 Å². The minimum absolute atomic E-state index is 0.0588. The van der Waals surface area contributed by atoms with Crippen molar-refractivity contribution in [1.82, 2.24) is 24.6 Å². The lowest BCUT2D eigenvalue weighted by Crippen LogP contribution is -2.24. The van der Waals surface area contributed by atoms with Crippen LogP contribution in [0.15, 0.2) is 66.4 Å². The van der Waals surface area contributed by atoms with E-state index in [9.17, 15) is 9.59 Å². The molecular weight excluding hydrogens is 480 g/mol. The molecule has 0 unspecified atom stereocenters. The third kappa shape index (κ3) is 7.51. The predicted molar refractivity (Wildman–Crippen MR) is 145 cm³/mol. The summed E-state index contributed by atoms with van der Waals surface area (Å²) < 4.78 is 1.82. The Hall–Kier alpha value is -3.47. The number of nitrogens with zero attached hydrogens (tertiary/aromatic N) is 3. The van der Waals surface area contributed by atoms with E-state index in [-0.39, 0.29) is 12.5 Å². The van der Waals surface area contributed by atoms with Crippen LogP contribution < -0.4 is 16.0 Å². The Balaban J connectivity index is 0.000000225. The molecule has 8 nitrogen and oxygen atoms in total. The monoisotopic (exact) mass is 508 g/mol. The molecule has 10 heteroatoms. The van der Waals surface area contributed by atoms with Gasteiger partial charge in [-0.3, -0.25) is 13.8 Å². The van der Waals surface area contributed by atoms with Crippen molar-refractivity contribution < 1.29 is 9.59 Å². The number of anilines is 1. The second-order valence-electron chi connectivity index (χ2n) is 7.25. The standard InChI is InChI=1S/C17H18N4S.C8H10N2O2S/c1-18-10-15-9-13(6-7-20-15)12-4-3-5-14(8-12)16-11-22-17(19-2)21-16;1-13-10-4-2-7(6-10)8(12)9-3-5-11/h3-9,11,18H,10H2,1-2H3,(H,19,21);2,4-6H,3H2,1H3,(H,9,12). The Bertz CT molecular complexity index is 1250. The first-order valence-electron chi connectivity index (χ1n) is 10.9. The van der Waals surface area contributed by atoms with E-state index >= 15 is 0 Å². The van der Waals surface area contributed by atoms with E-state index in [2.05, 4.69) is 61.6 Å². The summed E-state index contributed by atoms with van der Waals surface area (Å²) in [5.41, 5.74) is 6.08. The molecule has 0 fully saturated rings. The fourth-order valence-corrected chi connectivity index (χ4v) is 4.26. The number of nitrogens with one attached hydrogen (secondary N) is 3. The summed E-state index contributed by atoms with van der Waals surface area (Å²) in [7, 11) is 3.82. The van der Waals surface area contributed by atoms with E-state index in [4.69, 9.17) is 0 Å². The van der Waals surface area contributed by atoms with Crippen molar-refractivity contribution in [1.29, 1.82) is 0 Å². The lowest BCUT2D eigenvalue weighted by molar-refractivity contribution is -0.107. The average Bonchev–Trinajstić information content (AvgIpc) is 3.58. The number of carbonyl (C=O) groups excluding carboxylic acids is 2. The second kappa shape index (κ2) is 13.4. The fourth-order valence-electron chi connectivity index (χ4n) is 3.18. The summed E-state index contributed by atoms with van der Waals surface area (Å²) in [5, 5.41) is 11.7. The first-order valence-corrected chi connectivity index (χ1v) is 12.9. The van der Waals surface area contributed by atoms with E-state index in [1.165, 1.54) is 23.1 Å². The summed E-state index contributed by atoms with van der Waals surface area (Å²) in [6.07, 6.45) is 7.93. The number of pyridine rings is 1. The molecule has 35 heavy (non-hydrogen) atoms. The zero-order chi connectivity index (χ0) is 25.0. The zero-order valence-corrected chi connectivity index (χ0v) is 21.5. The lowest BCUT2D eigenvalue weighted by atomic mass is 10.0. The van der Waals surface area contributed by atoms with Crippen molar-refractivity contribution in [2.45, 2.75) is 6.54 Å². The summed E-state index contributed by atoms with van der Waals surface area (Å²) in [5.74, 6) is -0.222. The van der Waals surface area contributed by atoms with Gasteiger partial charge in [0.2, 0.25) is 0 Å². The number of thiazole rings is 1. The van der Waals surface area contributed by atoms with Gasteiger partial charge in [-0.05, 0) is 54.4 Å². The van der Waals surface area contributed by atoms with Gasteiger partial charge in [-0.1, -0.05) is 18.2 Å². The van der Waals surface area contributed by atoms with Gasteiger partial charge < -0.3 is 20.7 Å². The Kier molecular flexibility index (Phi) is 10.0. The highest BCUT2D eigenvalue weighted by Gasteiger charge is 2.07.